The molecule has 4 nitrogen and oxygen atoms in total. The third-order valence-corrected chi connectivity index (χ3v) is 8.64. The first-order valence-electron chi connectivity index (χ1n) is 14.4. The van der Waals surface area contributed by atoms with Crippen molar-refractivity contribution in [3.05, 3.63) is 138 Å². The van der Waals surface area contributed by atoms with Crippen LogP contribution in [0.4, 0.5) is 10.1 Å². The normalized spacial score (nSPS) is 17.3. The van der Waals surface area contributed by atoms with Crippen LogP contribution < -0.4 is 4.90 Å². The van der Waals surface area contributed by atoms with E-state index in [4.69, 9.17) is 12.2 Å². The first-order chi connectivity index (χ1) is 20.9. The Morgan fingerprint density at radius 1 is 0.744 bits per heavy atom. The van der Waals surface area contributed by atoms with Gasteiger partial charge in [0.25, 0.3) is 0 Å². The number of nitrogens with zero attached hydrogens (tertiary/aromatic N) is 1. The second kappa shape index (κ2) is 12.4. The van der Waals surface area contributed by atoms with E-state index < -0.39 is 6.10 Å². The molecule has 5 aromatic rings. The lowest BCUT2D eigenvalue weighted by molar-refractivity contribution is 0.155. The molecule has 1 aliphatic heterocycles. The van der Waals surface area contributed by atoms with Gasteiger partial charge in [0.1, 0.15) is 17.3 Å². The average molecular weight is 590 g/mol. The van der Waals surface area contributed by atoms with Gasteiger partial charge in [-0.25, -0.2) is 4.39 Å². The van der Waals surface area contributed by atoms with Crippen molar-refractivity contribution in [3.63, 3.8) is 0 Å². The van der Waals surface area contributed by atoms with Crippen LogP contribution in [0.5, 0.6) is 11.5 Å². The zero-order chi connectivity index (χ0) is 29.9. The van der Waals surface area contributed by atoms with Crippen LogP contribution >= 0.6 is 12.2 Å². The predicted molar refractivity (Wildman–Crippen MR) is 174 cm³/mol. The zero-order valence-electron chi connectivity index (χ0n) is 23.5. The molecule has 1 aliphatic rings. The summed E-state index contributed by atoms with van der Waals surface area (Å²) in [5, 5.41) is 32.3. The van der Waals surface area contributed by atoms with Crippen LogP contribution in [-0.2, 0) is 0 Å². The molecule has 3 atom stereocenters. The van der Waals surface area contributed by atoms with Gasteiger partial charge in [-0.2, -0.15) is 0 Å². The molecule has 216 valence electrons. The number of benzene rings is 5. The first kappa shape index (κ1) is 28.6. The fourth-order valence-corrected chi connectivity index (χ4v) is 6.52. The summed E-state index contributed by atoms with van der Waals surface area (Å²) in [6, 6.07) is 36.7. The van der Waals surface area contributed by atoms with Gasteiger partial charge in [0.2, 0.25) is 0 Å². The van der Waals surface area contributed by atoms with E-state index in [1.54, 1.807) is 36.4 Å². The maximum Gasteiger partial charge on any atom is 0.123 e. The minimum absolute atomic E-state index is 0.0221. The molecule has 0 aromatic heterocycles. The van der Waals surface area contributed by atoms with Crippen LogP contribution in [0.2, 0.25) is 0 Å². The van der Waals surface area contributed by atoms with Crippen molar-refractivity contribution in [2.75, 3.05) is 4.90 Å². The third kappa shape index (κ3) is 6.17. The number of thiocarbonyl (C=S) groups is 1. The topological polar surface area (TPSA) is 63.9 Å². The lowest BCUT2D eigenvalue weighted by Gasteiger charge is -2.31. The Hall–Kier alpha value is -4.52. The largest absolute Gasteiger partial charge is 0.508 e. The highest BCUT2D eigenvalue weighted by molar-refractivity contribution is 7.80. The number of halogens is 1. The molecule has 0 radical (unpaired) electrons. The van der Waals surface area contributed by atoms with Gasteiger partial charge in [0, 0.05) is 17.7 Å². The average Bonchev–Trinajstić information content (AvgIpc) is 3.36. The Morgan fingerprint density at radius 3 is 2.09 bits per heavy atom. The maximum atomic E-state index is 13.4. The highest BCUT2D eigenvalue weighted by Gasteiger charge is 2.40. The zero-order valence-corrected chi connectivity index (χ0v) is 24.3. The van der Waals surface area contributed by atoms with E-state index in [9.17, 15) is 19.7 Å². The fraction of sp³-hybridized carbons (Fsp3) is 0.162. The molecule has 3 N–H and O–H groups in total. The molecule has 6 heteroatoms. The van der Waals surface area contributed by atoms with Gasteiger partial charge in [-0.15, -0.1) is 0 Å². The minimum Gasteiger partial charge on any atom is -0.508 e. The third-order valence-electron chi connectivity index (χ3n) is 8.28. The molecule has 1 heterocycles. The summed E-state index contributed by atoms with van der Waals surface area (Å²) in [6.07, 6.45) is 1.01. The minimum atomic E-state index is -0.740. The number of hydrogen-bond acceptors (Lipinski definition) is 4. The number of rotatable bonds is 8. The van der Waals surface area contributed by atoms with Crippen molar-refractivity contribution < 1.29 is 19.7 Å². The SMILES string of the molecule is Oc1cccc(-c2ccc([C@@H]3[C@H](CCC(O)c4ccc(F)cc4)CC(=S)N3c3ccc(-c4ccccc4)cc3)c(O)c2)c1. The van der Waals surface area contributed by atoms with Crippen LogP contribution in [0, 0.1) is 11.7 Å². The number of anilines is 1. The molecule has 0 spiro atoms. The summed E-state index contributed by atoms with van der Waals surface area (Å²) in [5.41, 5.74) is 6.18. The van der Waals surface area contributed by atoms with E-state index in [0.29, 0.717) is 24.8 Å². The van der Waals surface area contributed by atoms with Gasteiger partial charge < -0.3 is 20.2 Å². The maximum absolute atomic E-state index is 13.4. The van der Waals surface area contributed by atoms with Gasteiger partial charge >= 0.3 is 0 Å². The summed E-state index contributed by atoms with van der Waals surface area (Å²) in [4.78, 5) is 2.90. The van der Waals surface area contributed by atoms with Crippen LogP contribution in [0.25, 0.3) is 22.3 Å². The van der Waals surface area contributed by atoms with Crippen LogP contribution in [0.1, 0.15) is 42.5 Å². The second-order valence-corrected chi connectivity index (χ2v) is 11.5. The number of aliphatic hydroxyl groups is 1. The molecule has 6 rings (SSSR count). The molecule has 0 bridgehead atoms. The number of phenolic OH excluding ortho intramolecular Hbond substituents is 2. The van der Waals surface area contributed by atoms with E-state index >= 15 is 0 Å². The smallest absolute Gasteiger partial charge is 0.123 e. The summed E-state index contributed by atoms with van der Waals surface area (Å²) in [7, 11) is 0. The number of aromatic hydroxyl groups is 2. The Kier molecular flexibility index (Phi) is 8.23. The van der Waals surface area contributed by atoms with E-state index in [1.165, 1.54) is 12.1 Å². The van der Waals surface area contributed by atoms with Gasteiger partial charge in [-0.05, 0) is 89.0 Å². The fourth-order valence-electron chi connectivity index (χ4n) is 6.09. The first-order valence-corrected chi connectivity index (χ1v) is 14.8. The van der Waals surface area contributed by atoms with E-state index in [2.05, 4.69) is 41.3 Å². The Bertz CT molecular complexity index is 1720. The predicted octanol–water partition coefficient (Wildman–Crippen LogP) is 8.98. The van der Waals surface area contributed by atoms with Crippen molar-refractivity contribution in [1.29, 1.82) is 0 Å². The van der Waals surface area contributed by atoms with Crippen LogP contribution in [0.3, 0.4) is 0 Å². The van der Waals surface area contributed by atoms with Crippen LogP contribution in [-0.4, -0.2) is 20.3 Å². The highest BCUT2D eigenvalue weighted by Crippen LogP contribution is 2.48. The molecular formula is C37H32FNO3S. The summed E-state index contributed by atoms with van der Waals surface area (Å²) < 4.78 is 13.4. The van der Waals surface area contributed by atoms with E-state index in [1.807, 2.05) is 36.4 Å². The molecule has 43 heavy (non-hydrogen) atoms. The summed E-state index contributed by atoms with van der Waals surface area (Å²) in [5.74, 6) is -0.0118. The van der Waals surface area contributed by atoms with Crippen LogP contribution in [0.15, 0.2) is 121 Å². The molecule has 1 saturated heterocycles. The highest BCUT2D eigenvalue weighted by atomic mass is 32.1. The Morgan fingerprint density at radius 2 is 1.40 bits per heavy atom. The van der Waals surface area contributed by atoms with Crippen molar-refractivity contribution in [2.45, 2.75) is 31.4 Å². The Balaban J connectivity index is 1.33. The molecular weight excluding hydrogens is 557 g/mol. The van der Waals surface area contributed by atoms with Crippen molar-refractivity contribution in [3.8, 4) is 33.8 Å². The monoisotopic (exact) mass is 589 g/mol. The summed E-state index contributed by atoms with van der Waals surface area (Å²) in [6.45, 7) is 0. The number of hydrogen-bond donors (Lipinski definition) is 3. The second-order valence-electron chi connectivity index (χ2n) is 11.1. The summed E-state index contributed by atoms with van der Waals surface area (Å²) >= 11 is 5.96. The lowest BCUT2D eigenvalue weighted by Crippen LogP contribution is -2.28. The van der Waals surface area contributed by atoms with Gasteiger partial charge in [0.15, 0.2) is 0 Å². The van der Waals surface area contributed by atoms with Crippen molar-refractivity contribution in [1.82, 2.24) is 0 Å². The molecule has 0 amide bonds. The van der Waals surface area contributed by atoms with E-state index in [0.717, 1.165) is 38.5 Å². The lowest BCUT2D eigenvalue weighted by atomic mass is 9.86. The number of aliphatic hydroxyl groups excluding tert-OH is 1. The molecule has 1 fully saturated rings. The van der Waals surface area contributed by atoms with E-state index in [-0.39, 0.29) is 29.3 Å². The van der Waals surface area contributed by atoms with Gasteiger partial charge in [-0.1, -0.05) is 91.1 Å². The van der Waals surface area contributed by atoms with Crippen molar-refractivity contribution >= 4 is 22.9 Å². The quantitative estimate of drug-likeness (QED) is 0.158. The standard InChI is InChI=1S/C37H32FNO3S/c38-30-15-9-26(10-16-30)34(41)20-14-29-23-36(43)39(31-17-11-25(12-18-31)24-5-2-1-3-6-24)37(29)33-19-13-28(22-35(33)42)27-7-4-8-32(40)21-27/h1-13,15-19,21-22,29,34,37,40-42H,14,20,23H2/t29-,34?,37+/m1/s1. The number of phenols is 2. The molecule has 1 unspecified atom stereocenters. The van der Waals surface area contributed by atoms with Crippen molar-refractivity contribution in [2.24, 2.45) is 5.92 Å². The van der Waals surface area contributed by atoms with Gasteiger partial charge in [-0.3, -0.25) is 0 Å². The van der Waals surface area contributed by atoms with Gasteiger partial charge in [0.05, 0.1) is 17.1 Å². The molecule has 0 saturated carbocycles. The molecule has 5 aromatic carbocycles. The molecule has 0 aliphatic carbocycles. The Labute approximate surface area is 256 Å².